The van der Waals surface area contributed by atoms with Crippen molar-refractivity contribution in [2.75, 3.05) is 49.8 Å². The number of carbonyl (C=O) groups excluding carboxylic acids is 1. The van der Waals surface area contributed by atoms with Crippen LogP contribution in [0.15, 0.2) is 4.90 Å². The smallest absolute Gasteiger partial charge is 0.265 e. The van der Waals surface area contributed by atoms with Gasteiger partial charge in [0.2, 0.25) is 0 Å². The van der Waals surface area contributed by atoms with Crippen LogP contribution in [0.1, 0.15) is 23.5 Å². The molecule has 1 aliphatic rings. The fraction of sp³-hybridized carbons (Fsp3) is 0.643. The maximum Gasteiger partial charge on any atom is 0.265 e. The summed E-state index contributed by atoms with van der Waals surface area (Å²) in [5.74, 6) is 1.10. The molecule has 0 spiro atoms. The van der Waals surface area contributed by atoms with Crippen molar-refractivity contribution in [3.8, 4) is 0 Å². The Morgan fingerprint density at radius 2 is 2.10 bits per heavy atom. The van der Waals surface area contributed by atoms with Gasteiger partial charge in [0.05, 0.1) is 10.6 Å². The number of nitrogen functional groups attached to an aromatic ring is 1. The summed E-state index contributed by atoms with van der Waals surface area (Å²) in [7, 11) is 3.53. The zero-order valence-electron chi connectivity index (χ0n) is 13.2. The predicted molar refractivity (Wildman–Crippen MR) is 97.3 cm³/mol. The second kappa shape index (κ2) is 6.30. The van der Waals surface area contributed by atoms with Crippen LogP contribution in [-0.2, 0) is 0 Å². The van der Waals surface area contributed by atoms with E-state index in [1.54, 1.807) is 30.8 Å². The number of amides is 1. The lowest BCUT2D eigenvalue weighted by Crippen LogP contribution is -2.43. The third kappa shape index (κ3) is 3.46. The van der Waals surface area contributed by atoms with Crippen molar-refractivity contribution in [3.63, 3.8) is 0 Å². The number of hydrogen-bond donors (Lipinski definition) is 1. The molecule has 0 radical (unpaired) electrons. The Kier molecular flexibility index (Phi) is 5.05. The average molecular weight is 346 g/mol. The number of hydrogen-bond acceptors (Lipinski definition) is 6. The van der Waals surface area contributed by atoms with E-state index < -0.39 is 0 Å². The molecule has 4 nitrogen and oxygen atoms in total. The second-order valence-corrected chi connectivity index (χ2v) is 9.53. The van der Waals surface area contributed by atoms with Crippen LogP contribution in [0.25, 0.3) is 0 Å². The molecule has 0 atom stereocenters. The first-order valence-corrected chi connectivity index (χ1v) is 9.86. The van der Waals surface area contributed by atoms with E-state index in [0.717, 1.165) is 28.7 Å². The Balaban J connectivity index is 2.39. The van der Waals surface area contributed by atoms with Crippen LogP contribution in [0.3, 0.4) is 0 Å². The lowest BCUT2D eigenvalue weighted by Gasteiger charge is -2.38. The quantitative estimate of drug-likeness (QED) is 0.853. The molecule has 1 saturated heterocycles. The number of anilines is 2. The Bertz CT molecular complexity index is 540. The van der Waals surface area contributed by atoms with Crippen molar-refractivity contribution in [1.29, 1.82) is 0 Å². The number of carbonyl (C=O) groups is 1. The highest BCUT2D eigenvalue weighted by atomic mass is 32.2. The Morgan fingerprint density at radius 3 is 2.62 bits per heavy atom. The molecule has 0 bridgehead atoms. The normalized spacial score (nSPS) is 17.9. The molecule has 1 aromatic heterocycles. The Morgan fingerprint density at radius 1 is 1.43 bits per heavy atom. The lowest BCUT2D eigenvalue weighted by molar-refractivity contribution is 0.0833. The van der Waals surface area contributed by atoms with Gasteiger partial charge in [0.1, 0.15) is 9.88 Å². The average Bonchev–Trinajstić information content (AvgIpc) is 2.73. The third-order valence-corrected chi connectivity index (χ3v) is 6.90. The summed E-state index contributed by atoms with van der Waals surface area (Å²) in [6, 6.07) is 0. The molecule has 0 unspecified atom stereocenters. The molecule has 7 heteroatoms. The Labute approximate surface area is 139 Å². The van der Waals surface area contributed by atoms with E-state index >= 15 is 0 Å². The van der Waals surface area contributed by atoms with Gasteiger partial charge in [-0.25, -0.2) is 0 Å². The van der Waals surface area contributed by atoms with Crippen LogP contribution in [0.2, 0.25) is 0 Å². The molecule has 2 N–H and O–H groups in total. The molecular weight excluding hydrogens is 322 g/mol. The SMILES string of the molecule is CSc1c(N2CCSC(C)(C)C2)sc(C(=O)N(C)C)c1N. The molecule has 2 rings (SSSR count). The number of nitrogens with zero attached hydrogens (tertiary/aromatic N) is 2. The van der Waals surface area contributed by atoms with E-state index in [4.69, 9.17) is 5.73 Å². The molecule has 1 aromatic rings. The van der Waals surface area contributed by atoms with Gasteiger partial charge in [-0.2, -0.15) is 11.8 Å². The maximum atomic E-state index is 12.3. The van der Waals surface area contributed by atoms with Crippen molar-refractivity contribution < 1.29 is 4.79 Å². The minimum absolute atomic E-state index is 0.00954. The van der Waals surface area contributed by atoms with Crippen LogP contribution in [-0.4, -0.2) is 54.7 Å². The molecule has 1 amide bonds. The first-order chi connectivity index (χ1) is 9.76. The standard InChI is InChI=1S/C14H23N3OS3/c1-14(2)8-17(6-7-20-14)13-11(19-5)9(15)10(21-13)12(18)16(3)4/h6-8,15H2,1-5H3. The minimum atomic E-state index is -0.00954. The summed E-state index contributed by atoms with van der Waals surface area (Å²) in [5.41, 5.74) is 6.87. The van der Waals surface area contributed by atoms with Crippen molar-refractivity contribution in [2.24, 2.45) is 0 Å². The van der Waals surface area contributed by atoms with E-state index in [2.05, 4.69) is 18.7 Å². The van der Waals surface area contributed by atoms with Gasteiger partial charge in [-0.05, 0) is 20.1 Å². The lowest BCUT2D eigenvalue weighted by atomic mass is 10.2. The highest BCUT2D eigenvalue weighted by molar-refractivity contribution is 8.00. The zero-order chi connectivity index (χ0) is 15.8. The number of thioether (sulfide) groups is 2. The van der Waals surface area contributed by atoms with Crippen molar-refractivity contribution in [2.45, 2.75) is 23.5 Å². The zero-order valence-corrected chi connectivity index (χ0v) is 15.7. The van der Waals surface area contributed by atoms with Gasteiger partial charge in [-0.1, -0.05) is 0 Å². The fourth-order valence-corrected chi connectivity index (χ4v) is 5.71. The monoisotopic (exact) mass is 345 g/mol. The van der Waals surface area contributed by atoms with E-state index in [-0.39, 0.29) is 10.7 Å². The molecular formula is C14H23N3OS3. The van der Waals surface area contributed by atoms with Gasteiger partial charge >= 0.3 is 0 Å². The van der Waals surface area contributed by atoms with Gasteiger partial charge in [0.15, 0.2) is 0 Å². The summed E-state index contributed by atoms with van der Waals surface area (Å²) in [6.45, 7) is 6.54. The molecule has 118 valence electrons. The largest absolute Gasteiger partial charge is 0.396 e. The second-order valence-electron chi connectivity index (χ2n) is 5.91. The highest BCUT2D eigenvalue weighted by Crippen LogP contribution is 2.46. The van der Waals surface area contributed by atoms with Gasteiger partial charge in [0.25, 0.3) is 5.91 Å². The topological polar surface area (TPSA) is 49.6 Å². The third-order valence-electron chi connectivity index (χ3n) is 3.40. The van der Waals surface area contributed by atoms with Crippen molar-refractivity contribution in [1.82, 2.24) is 4.90 Å². The highest BCUT2D eigenvalue weighted by Gasteiger charge is 2.31. The first kappa shape index (κ1) is 16.8. The first-order valence-electron chi connectivity index (χ1n) is 6.83. The van der Waals surface area contributed by atoms with E-state index in [0.29, 0.717) is 10.6 Å². The van der Waals surface area contributed by atoms with Crippen LogP contribution >= 0.6 is 34.9 Å². The summed E-state index contributed by atoms with van der Waals surface area (Å²) in [5, 5.41) is 1.15. The summed E-state index contributed by atoms with van der Waals surface area (Å²) in [4.78, 5) is 18.0. The molecule has 0 aliphatic carbocycles. The molecule has 21 heavy (non-hydrogen) atoms. The van der Waals surface area contributed by atoms with Gasteiger partial charge in [0, 0.05) is 37.7 Å². The summed E-state index contributed by atoms with van der Waals surface area (Å²) >= 11 is 5.17. The van der Waals surface area contributed by atoms with Crippen LogP contribution < -0.4 is 10.6 Å². The van der Waals surface area contributed by atoms with Crippen LogP contribution in [0, 0.1) is 0 Å². The number of rotatable bonds is 3. The summed E-state index contributed by atoms with van der Waals surface area (Å²) < 4.78 is 0.235. The molecule has 1 aliphatic heterocycles. The van der Waals surface area contributed by atoms with Gasteiger partial charge in [-0.3, -0.25) is 4.79 Å². The minimum Gasteiger partial charge on any atom is -0.396 e. The molecule has 2 heterocycles. The summed E-state index contributed by atoms with van der Waals surface area (Å²) in [6.07, 6.45) is 2.02. The fourth-order valence-electron chi connectivity index (χ4n) is 2.37. The number of thiophene rings is 1. The Hall–Kier alpha value is -0.530. The van der Waals surface area contributed by atoms with Gasteiger partial charge in [-0.15, -0.1) is 23.1 Å². The molecule has 0 aromatic carbocycles. The van der Waals surface area contributed by atoms with Crippen LogP contribution in [0.5, 0.6) is 0 Å². The maximum absolute atomic E-state index is 12.3. The van der Waals surface area contributed by atoms with E-state index in [9.17, 15) is 4.79 Å². The predicted octanol–water partition coefficient (Wildman–Crippen LogP) is 3.09. The number of nitrogens with two attached hydrogens (primary N) is 1. The van der Waals surface area contributed by atoms with E-state index in [1.165, 1.54) is 11.3 Å². The van der Waals surface area contributed by atoms with Crippen LogP contribution in [0.4, 0.5) is 10.7 Å². The van der Waals surface area contributed by atoms with E-state index in [1.807, 2.05) is 18.0 Å². The van der Waals surface area contributed by atoms with Crippen molar-refractivity contribution in [3.05, 3.63) is 4.88 Å². The van der Waals surface area contributed by atoms with Crippen molar-refractivity contribution >= 4 is 51.5 Å². The molecule has 0 saturated carbocycles. The molecule has 1 fully saturated rings. The van der Waals surface area contributed by atoms with Gasteiger partial charge < -0.3 is 15.5 Å².